The molecule has 0 aromatic heterocycles. The first-order valence-corrected chi connectivity index (χ1v) is 5.70. The van der Waals surface area contributed by atoms with Crippen LogP contribution in [-0.2, 0) is 4.79 Å². The summed E-state index contributed by atoms with van der Waals surface area (Å²) >= 11 is 0. The van der Waals surface area contributed by atoms with Crippen molar-refractivity contribution in [3.63, 3.8) is 0 Å². The highest BCUT2D eigenvalue weighted by Gasteiger charge is 2.23. The van der Waals surface area contributed by atoms with Crippen LogP contribution in [0.3, 0.4) is 0 Å². The van der Waals surface area contributed by atoms with Gasteiger partial charge in [0.05, 0.1) is 12.7 Å². The van der Waals surface area contributed by atoms with Gasteiger partial charge in [-0.3, -0.25) is 4.79 Å². The zero-order valence-corrected chi connectivity index (χ0v) is 9.67. The fourth-order valence-electron chi connectivity index (χ4n) is 1.35. The van der Waals surface area contributed by atoms with E-state index >= 15 is 0 Å². The summed E-state index contributed by atoms with van der Waals surface area (Å²) in [5.74, 6) is -0.322. The molecule has 3 unspecified atom stereocenters. The van der Waals surface area contributed by atoms with Crippen molar-refractivity contribution in [2.45, 2.75) is 57.3 Å². The maximum Gasteiger partial charge on any atom is 0.161 e. The fraction of sp³-hybridized carbons (Fsp3) is 0.909. The number of hydrogen-bond acceptors (Lipinski definition) is 5. The summed E-state index contributed by atoms with van der Waals surface area (Å²) in [4.78, 5) is 11.4. The zero-order valence-electron chi connectivity index (χ0n) is 9.67. The Bertz CT molecular complexity index is 195. The first-order valence-electron chi connectivity index (χ1n) is 5.70. The van der Waals surface area contributed by atoms with Crippen molar-refractivity contribution in [1.29, 1.82) is 0 Å². The van der Waals surface area contributed by atoms with Crippen LogP contribution in [0.25, 0.3) is 0 Å². The predicted octanol–water partition coefficient (Wildman–Crippen LogP) is -0.399. The lowest BCUT2D eigenvalue weighted by atomic mass is 10.0. The van der Waals surface area contributed by atoms with Crippen LogP contribution in [0, 0.1) is 0 Å². The molecule has 16 heavy (non-hydrogen) atoms. The summed E-state index contributed by atoms with van der Waals surface area (Å²) in [7, 11) is 0. The molecule has 0 rings (SSSR count). The Morgan fingerprint density at radius 2 is 1.75 bits per heavy atom. The topological polar surface area (TPSA) is 98.0 Å². The largest absolute Gasteiger partial charge is 0.394 e. The van der Waals surface area contributed by atoms with Gasteiger partial charge in [-0.25, -0.2) is 0 Å². The molecule has 0 aromatic rings. The van der Waals surface area contributed by atoms with Crippen LogP contribution in [-0.4, -0.2) is 51.1 Å². The summed E-state index contributed by atoms with van der Waals surface area (Å²) in [6, 6.07) is 0. The molecular formula is C11H22O5. The van der Waals surface area contributed by atoms with Gasteiger partial charge in [0, 0.05) is 12.8 Å². The van der Waals surface area contributed by atoms with Crippen LogP contribution >= 0.6 is 0 Å². The molecule has 5 heteroatoms. The van der Waals surface area contributed by atoms with Gasteiger partial charge in [0.2, 0.25) is 0 Å². The maximum atomic E-state index is 11.4. The first-order chi connectivity index (χ1) is 7.52. The number of carbonyl (C=O) groups is 1. The lowest BCUT2D eigenvalue weighted by Crippen LogP contribution is -2.35. The molecule has 0 amide bonds. The molecule has 3 atom stereocenters. The quantitative estimate of drug-likeness (QED) is 0.407. The Hall–Kier alpha value is -0.490. The Kier molecular flexibility index (Phi) is 8.37. The van der Waals surface area contributed by atoms with Crippen molar-refractivity contribution in [1.82, 2.24) is 0 Å². The predicted molar refractivity (Wildman–Crippen MR) is 58.9 cm³/mol. The van der Waals surface area contributed by atoms with Crippen LogP contribution in [0.1, 0.15) is 39.0 Å². The van der Waals surface area contributed by atoms with E-state index < -0.39 is 24.9 Å². The third-order valence-corrected chi connectivity index (χ3v) is 2.49. The van der Waals surface area contributed by atoms with E-state index in [2.05, 4.69) is 0 Å². The molecular weight excluding hydrogens is 212 g/mol. The molecule has 0 heterocycles. The number of aliphatic hydroxyl groups excluding tert-OH is 4. The van der Waals surface area contributed by atoms with E-state index in [1.807, 2.05) is 6.92 Å². The Balaban J connectivity index is 3.86. The van der Waals surface area contributed by atoms with Crippen LogP contribution < -0.4 is 0 Å². The molecule has 0 saturated heterocycles. The second-order valence-electron chi connectivity index (χ2n) is 3.99. The molecule has 5 nitrogen and oxygen atoms in total. The summed E-state index contributed by atoms with van der Waals surface area (Å²) in [6.07, 6.45) is -1.12. The number of rotatable bonds is 9. The second kappa shape index (κ2) is 8.64. The standard InChI is InChI=1S/C11H22O5/c1-2-3-4-5-8(13)9(14)6-10(15)11(16)7-12/h9-12,14-16H,2-7H2,1H3. The van der Waals surface area contributed by atoms with Crippen LogP contribution in [0.2, 0.25) is 0 Å². The van der Waals surface area contributed by atoms with Gasteiger partial charge in [0.25, 0.3) is 0 Å². The fourth-order valence-corrected chi connectivity index (χ4v) is 1.35. The highest BCUT2D eigenvalue weighted by molar-refractivity contribution is 5.82. The molecule has 0 radical (unpaired) electrons. The van der Waals surface area contributed by atoms with Crippen LogP contribution in [0.4, 0.5) is 0 Å². The monoisotopic (exact) mass is 234 g/mol. The van der Waals surface area contributed by atoms with Gasteiger partial charge in [-0.1, -0.05) is 19.8 Å². The minimum Gasteiger partial charge on any atom is -0.394 e. The summed E-state index contributed by atoms with van der Waals surface area (Å²) < 4.78 is 0. The van der Waals surface area contributed by atoms with Gasteiger partial charge in [-0.05, 0) is 6.42 Å². The normalized spacial score (nSPS) is 16.8. The van der Waals surface area contributed by atoms with Gasteiger partial charge in [0.15, 0.2) is 5.78 Å². The van der Waals surface area contributed by atoms with E-state index in [0.29, 0.717) is 0 Å². The number of ketones is 1. The third-order valence-electron chi connectivity index (χ3n) is 2.49. The maximum absolute atomic E-state index is 11.4. The number of hydrogen-bond donors (Lipinski definition) is 4. The molecule has 96 valence electrons. The number of aliphatic hydroxyl groups is 4. The second-order valence-corrected chi connectivity index (χ2v) is 3.99. The van der Waals surface area contributed by atoms with Crippen LogP contribution in [0.5, 0.6) is 0 Å². The van der Waals surface area contributed by atoms with Crippen molar-refractivity contribution < 1.29 is 25.2 Å². The average Bonchev–Trinajstić information content (AvgIpc) is 2.27. The SMILES string of the molecule is CCCCCC(=O)C(O)CC(O)C(O)CO. The number of carbonyl (C=O) groups excluding carboxylic acids is 1. The molecule has 0 fully saturated rings. The number of Topliss-reactive ketones (excluding diaryl/α,β-unsaturated/α-hetero) is 1. The molecule has 0 aliphatic carbocycles. The van der Waals surface area contributed by atoms with E-state index in [1.165, 1.54) is 0 Å². The van der Waals surface area contributed by atoms with Crippen molar-refractivity contribution in [3.8, 4) is 0 Å². The molecule has 0 aromatic carbocycles. The molecule has 0 saturated carbocycles. The van der Waals surface area contributed by atoms with Crippen molar-refractivity contribution in [2.24, 2.45) is 0 Å². The van der Waals surface area contributed by atoms with Gasteiger partial charge >= 0.3 is 0 Å². The van der Waals surface area contributed by atoms with Gasteiger partial charge in [-0.15, -0.1) is 0 Å². The van der Waals surface area contributed by atoms with Crippen molar-refractivity contribution in [2.75, 3.05) is 6.61 Å². The van der Waals surface area contributed by atoms with E-state index in [0.717, 1.165) is 19.3 Å². The molecule has 4 N–H and O–H groups in total. The van der Waals surface area contributed by atoms with Crippen LogP contribution in [0.15, 0.2) is 0 Å². The Morgan fingerprint density at radius 3 is 2.25 bits per heavy atom. The van der Waals surface area contributed by atoms with Gasteiger partial charge < -0.3 is 20.4 Å². The summed E-state index contributed by atoms with van der Waals surface area (Å²) in [5, 5.41) is 36.3. The lowest BCUT2D eigenvalue weighted by Gasteiger charge is -2.18. The minimum atomic E-state index is -1.31. The van der Waals surface area contributed by atoms with E-state index in [-0.39, 0.29) is 18.6 Å². The highest BCUT2D eigenvalue weighted by Crippen LogP contribution is 2.08. The smallest absolute Gasteiger partial charge is 0.161 e. The van der Waals surface area contributed by atoms with E-state index in [1.54, 1.807) is 0 Å². The average molecular weight is 234 g/mol. The van der Waals surface area contributed by atoms with Crippen molar-refractivity contribution >= 4 is 5.78 Å². The van der Waals surface area contributed by atoms with Crippen molar-refractivity contribution in [3.05, 3.63) is 0 Å². The molecule has 0 aliphatic rings. The molecule has 0 spiro atoms. The minimum absolute atomic E-state index is 0.229. The summed E-state index contributed by atoms with van der Waals surface area (Å²) in [6.45, 7) is 1.43. The molecule has 0 aliphatic heterocycles. The van der Waals surface area contributed by atoms with E-state index in [4.69, 9.17) is 10.2 Å². The lowest BCUT2D eigenvalue weighted by molar-refractivity contribution is -0.130. The Labute approximate surface area is 95.7 Å². The van der Waals surface area contributed by atoms with Gasteiger partial charge in [-0.2, -0.15) is 0 Å². The molecule has 0 bridgehead atoms. The zero-order chi connectivity index (χ0) is 12.6. The summed E-state index contributed by atoms with van der Waals surface area (Å²) in [5.41, 5.74) is 0. The first kappa shape index (κ1) is 15.5. The van der Waals surface area contributed by atoms with E-state index in [9.17, 15) is 15.0 Å². The third kappa shape index (κ3) is 6.17. The van der Waals surface area contributed by atoms with Gasteiger partial charge in [0.1, 0.15) is 12.2 Å². The highest BCUT2D eigenvalue weighted by atomic mass is 16.4. The number of unbranched alkanes of at least 4 members (excludes halogenated alkanes) is 2. The Morgan fingerprint density at radius 1 is 1.12 bits per heavy atom.